The van der Waals surface area contributed by atoms with Gasteiger partial charge in [0.05, 0.1) is 21.3 Å². The van der Waals surface area contributed by atoms with Crippen molar-refractivity contribution in [2.45, 2.75) is 32.4 Å². The molecule has 0 aliphatic carbocycles. The second kappa shape index (κ2) is 7.92. The highest BCUT2D eigenvalue weighted by Crippen LogP contribution is 2.31. The number of thiophene rings is 1. The van der Waals surface area contributed by atoms with E-state index in [0.29, 0.717) is 27.2 Å². The molecule has 3 aromatic heterocycles. The molecule has 34 heavy (non-hydrogen) atoms. The van der Waals surface area contributed by atoms with Crippen LogP contribution in [0.4, 0.5) is 0 Å². The Morgan fingerprint density at radius 1 is 1.09 bits per heavy atom. The zero-order valence-electron chi connectivity index (χ0n) is 18.9. The number of hydrogen-bond donors (Lipinski definition) is 1. The van der Waals surface area contributed by atoms with E-state index in [2.05, 4.69) is 5.32 Å². The summed E-state index contributed by atoms with van der Waals surface area (Å²) in [5.41, 5.74) is 3.46. The highest BCUT2D eigenvalue weighted by molar-refractivity contribution is 7.20. The fourth-order valence-electron chi connectivity index (χ4n) is 4.85. The van der Waals surface area contributed by atoms with E-state index in [1.54, 1.807) is 4.57 Å². The van der Waals surface area contributed by atoms with Crippen LogP contribution in [-0.2, 0) is 20.0 Å². The number of para-hydroxylation sites is 2. The third-order valence-corrected chi connectivity index (χ3v) is 7.79. The molecule has 0 radical (unpaired) electrons. The smallest absolute Gasteiger partial charge is 0.262 e. The normalized spacial score (nSPS) is 13.9. The summed E-state index contributed by atoms with van der Waals surface area (Å²) < 4.78 is 3.76. The number of aryl methyl sites for hydroxylation is 3. The summed E-state index contributed by atoms with van der Waals surface area (Å²) in [6, 6.07) is 17.3. The van der Waals surface area contributed by atoms with E-state index in [1.807, 2.05) is 73.1 Å². The number of carbonyl (C=O) groups is 1. The number of benzene rings is 2. The number of nitrogens with zero attached hydrogens (tertiary/aromatic N) is 4. The van der Waals surface area contributed by atoms with Crippen LogP contribution in [0, 0.1) is 6.92 Å². The van der Waals surface area contributed by atoms with E-state index in [1.165, 1.54) is 11.3 Å². The molecule has 0 bridgehead atoms. The zero-order valence-corrected chi connectivity index (χ0v) is 19.7. The minimum absolute atomic E-state index is 0.0414. The Bertz CT molecular complexity index is 1630. The van der Waals surface area contributed by atoms with Crippen molar-refractivity contribution in [2.75, 3.05) is 0 Å². The van der Waals surface area contributed by atoms with Gasteiger partial charge in [-0.1, -0.05) is 42.5 Å². The molecule has 0 spiro atoms. The number of carbonyl (C=O) groups excluding carboxylic acids is 1. The van der Waals surface area contributed by atoms with Gasteiger partial charge in [0, 0.05) is 20.0 Å². The van der Waals surface area contributed by atoms with Crippen LogP contribution in [0.5, 0.6) is 0 Å². The molecule has 1 amide bonds. The predicted molar refractivity (Wildman–Crippen MR) is 133 cm³/mol. The summed E-state index contributed by atoms with van der Waals surface area (Å²) in [4.78, 5) is 37.4. The molecule has 1 N–H and O–H groups in total. The Kier molecular flexibility index (Phi) is 4.84. The third kappa shape index (κ3) is 3.17. The second-order valence-corrected chi connectivity index (χ2v) is 9.66. The molecule has 0 saturated carbocycles. The van der Waals surface area contributed by atoms with Gasteiger partial charge in [-0.2, -0.15) is 0 Å². The van der Waals surface area contributed by atoms with Gasteiger partial charge in [-0.3, -0.25) is 14.2 Å². The minimum atomic E-state index is -0.449. The molecule has 1 aliphatic rings. The number of fused-ring (bicyclic) bond motifs is 3. The Balaban J connectivity index is 1.44. The lowest BCUT2D eigenvalue weighted by molar-refractivity contribution is 0.0945. The third-order valence-electron chi connectivity index (χ3n) is 6.61. The van der Waals surface area contributed by atoms with Gasteiger partial charge in [0.25, 0.3) is 11.5 Å². The van der Waals surface area contributed by atoms with E-state index >= 15 is 0 Å². The summed E-state index contributed by atoms with van der Waals surface area (Å²) in [6.45, 7) is 2.53. The van der Waals surface area contributed by atoms with Crippen molar-refractivity contribution in [3.05, 3.63) is 92.6 Å². The Morgan fingerprint density at radius 2 is 1.85 bits per heavy atom. The number of aromatic nitrogens is 4. The van der Waals surface area contributed by atoms with E-state index < -0.39 is 6.04 Å². The monoisotopic (exact) mass is 469 g/mol. The average molecular weight is 470 g/mol. The molecule has 0 fully saturated rings. The van der Waals surface area contributed by atoms with Gasteiger partial charge in [-0.05, 0) is 36.6 Å². The van der Waals surface area contributed by atoms with Crippen LogP contribution in [0.3, 0.4) is 0 Å². The van der Waals surface area contributed by atoms with Crippen molar-refractivity contribution in [1.82, 2.24) is 24.4 Å². The summed E-state index contributed by atoms with van der Waals surface area (Å²) >= 11 is 1.29. The molecule has 5 aromatic rings. The number of hydrogen-bond acceptors (Lipinski definition) is 5. The maximum atomic E-state index is 13.6. The van der Waals surface area contributed by atoms with Crippen LogP contribution in [-0.4, -0.2) is 25.0 Å². The number of nitrogens with one attached hydrogen (secondary N) is 1. The van der Waals surface area contributed by atoms with Crippen molar-refractivity contribution < 1.29 is 4.79 Å². The summed E-state index contributed by atoms with van der Waals surface area (Å²) in [5, 5.41) is 3.75. The van der Waals surface area contributed by atoms with Crippen LogP contribution in [0.2, 0.25) is 0 Å². The maximum absolute atomic E-state index is 13.6. The lowest BCUT2D eigenvalue weighted by Crippen LogP contribution is -2.31. The van der Waals surface area contributed by atoms with Gasteiger partial charge in [0.15, 0.2) is 0 Å². The van der Waals surface area contributed by atoms with Crippen molar-refractivity contribution in [1.29, 1.82) is 0 Å². The Morgan fingerprint density at radius 3 is 2.65 bits per heavy atom. The number of rotatable bonds is 4. The minimum Gasteiger partial charge on any atom is -0.337 e. The largest absolute Gasteiger partial charge is 0.337 e. The van der Waals surface area contributed by atoms with Gasteiger partial charge in [-0.25, -0.2) is 9.97 Å². The molecule has 8 heteroatoms. The standard InChI is InChI=1S/C26H23N5O2S/c1-15-20-25(28-19-13-8-14-31(19)26(20)33)34-22(15)24(32)29-21(16-9-4-3-5-10-16)23-27-17-11-6-7-12-18(17)30(23)2/h3-7,9-12,21H,8,13-14H2,1-2H3,(H,29,32). The first-order valence-electron chi connectivity index (χ1n) is 11.3. The zero-order chi connectivity index (χ0) is 23.4. The molecular weight excluding hydrogens is 446 g/mol. The Hall–Kier alpha value is -3.78. The lowest BCUT2D eigenvalue weighted by atomic mass is 10.1. The first kappa shape index (κ1) is 20.8. The molecule has 170 valence electrons. The fourth-order valence-corrected chi connectivity index (χ4v) is 5.95. The van der Waals surface area contributed by atoms with Crippen LogP contribution >= 0.6 is 11.3 Å². The summed E-state index contributed by atoms with van der Waals surface area (Å²) in [6.07, 6.45) is 1.73. The van der Waals surface area contributed by atoms with Crippen molar-refractivity contribution >= 4 is 38.5 Å². The Labute approximate surface area is 199 Å². The highest BCUT2D eigenvalue weighted by atomic mass is 32.1. The van der Waals surface area contributed by atoms with E-state index in [4.69, 9.17) is 9.97 Å². The number of imidazole rings is 1. The summed E-state index contributed by atoms with van der Waals surface area (Å²) in [7, 11) is 1.96. The van der Waals surface area contributed by atoms with Crippen LogP contribution in [0.1, 0.15) is 44.9 Å². The molecule has 1 aliphatic heterocycles. The fraction of sp³-hybridized carbons (Fsp3) is 0.231. The van der Waals surface area contributed by atoms with Crippen LogP contribution < -0.4 is 10.9 Å². The topological polar surface area (TPSA) is 81.8 Å². The van der Waals surface area contributed by atoms with E-state index in [0.717, 1.165) is 41.1 Å². The van der Waals surface area contributed by atoms with Crippen molar-refractivity contribution in [3.63, 3.8) is 0 Å². The van der Waals surface area contributed by atoms with Crippen molar-refractivity contribution in [2.24, 2.45) is 7.05 Å². The van der Waals surface area contributed by atoms with E-state index in [9.17, 15) is 9.59 Å². The van der Waals surface area contributed by atoms with Gasteiger partial charge in [0.1, 0.15) is 22.5 Å². The average Bonchev–Trinajstić information content (AvgIpc) is 3.55. The SMILES string of the molecule is Cc1c(C(=O)NC(c2ccccc2)c2nc3ccccc3n2C)sc2nc3n(c(=O)c12)CCC3. The van der Waals surface area contributed by atoms with Gasteiger partial charge in [-0.15, -0.1) is 11.3 Å². The molecule has 0 saturated heterocycles. The molecule has 1 unspecified atom stereocenters. The van der Waals surface area contributed by atoms with E-state index in [-0.39, 0.29) is 11.5 Å². The number of amides is 1. The maximum Gasteiger partial charge on any atom is 0.262 e. The van der Waals surface area contributed by atoms with Crippen molar-refractivity contribution in [3.8, 4) is 0 Å². The molecule has 2 aromatic carbocycles. The summed E-state index contributed by atoms with van der Waals surface area (Å²) in [5.74, 6) is 1.33. The molecule has 7 nitrogen and oxygen atoms in total. The quantitative estimate of drug-likeness (QED) is 0.429. The molecular formula is C26H23N5O2S. The molecule has 4 heterocycles. The first-order valence-corrected chi connectivity index (χ1v) is 12.1. The van der Waals surface area contributed by atoms with Gasteiger partial charge < -0.3 is 9.88 Å². The van der Waals surface area contributed by atoms with Gasteiger partial charge >= 0.3 is 0 Å². The second-order valence-electron chi connectivity index (χ2n) is 8.66. The molecule has 6 rings (SSSR count). The first-order chi connectivity index (χ1) is 16.5. The predicted octanol–water partition coefficient (Wildman–Crippen LogP) is 4.12. The highest BCUT2D eigenvalue weighted by Gasteiger charge is 2.27. The van der Waals surface area contributed by atoms with Gasteiger partial charge in [0.2, 0.25) is 0 Å². The van der Waals surface area contributed by atoms with Crippen LogP contribution in [0.25, 0.3) is 21.3 Å². The van der Waals surface area contributed by atoms with Crippen LogP contribution in [0.15, 0.2) is 59.4 Å². The lowest BCUT2D eigenvalue weighted by Gasteiger charge is -2.19. The molecule has 1 atom stereocenters.